The molecule has 0 saturated heterocycles. The Morgan fingerprint density at radius 2 is 1.86 bits per heavy atom. The number of hydrogen-bond acceptors (Lipinski definition) is 3. The molecule has 2 rings (SSSR count). The Labute approximate surface area is 133 Å². The van der Waals surface area contributed by atoms with Gasteiger partial charge in [0.1, 0.15) is 0 Å². The molecule has 22 heavy (non-hydrogen) atoms. The van der Waals surface area contributed by atoms with Gasteiger partial charge in [-0.15, -0.1) is 0 Å². The summed E-state index contributed by atoms with van der Waals surface area (Å²) < 4.78 is 5.89. The molecule has 1 aliphatic carbocycles. The van der Waals surface area contributed by atoms with Gasteiger partial charge in [-0.25, -0.2) is 0 Å². The zero-order valence-electron chi connectivity index (χ0n) is 13.9. The Kier molecular flexibility index (Phi) is 5.59. The monoisotopic (exact) mass is 304 g/mol. The average Bonchev–Trinajstić information content (AvgIpc) is 2.98. The molecule has 4 heteroatoms. The molecular weight excluding hydrogens is 276 g/mol. The van der Waals surface area contributed by atoms with E-state index in [4.69, 9.17) is 10.5 Å². The summed E-state index contributed by atoms with van der Waals surface area (Å²) in [6.45, 7) is 6.52. The van der Waals surface area contributed by atoms with Crippen molar-refractivity contribution in [1.82, 2.24) is 0 Å². The highest BCUT2D eigenvalue weighted by atomic mass is 16.5. The van der Waals surface area contributed by atoms with Gasteiger partial charge in [-0.1, -0.05) is 45.7 Å². The third kappa shape index (κ3) is 4.82. The second-order valence-corrected chi connectivity index (χ2v) is 7.25. The minimum absolute atomic E-state index is 0.151. The van der Waals surface area contributed by atoms with Crippen molar-refractivity contribution >= 4 is 11.6 Å². The highest BCUT2D eigenvalue weighted by Crippen LogP contribution is 2.23. The van der Waals surface area contributed by atoms with Crippen LogP contribution in [0.3, 0.4) is 0 Å². The first-order valence-electron chi connectivity index (χ1n) is 8.13. The number of benzene rings is 1. The van der Waals surface area contributed by atoms with Crippen molar-refractivity contribution in [2.24, 2.45) is 11.1 Å². The highest BCUT2D eigenvalue weighted by Gasteiger charge is 2.27. The third-order valence-corrected chi connectivity index (χ3v) is 4.22. The van der Waals surface area contributed by atoms with Gasteiger partial charge in [0.2, 0.25) is 5.91 Å². The normalized spacial score (nSPS) is 17.5. The van der Waals surface area contributed by atoms with Crippen LogP contribution in [0.2, 0.25) is 0 Å². The van der Waals surface area contributed by atoms with Gasteiger partial charge in [-0.2, -0.15) is 0 Å². The smallest absolute Gasteiger partial charge is 0.241 e. The van der Waals surface area contributed by atoms with E-state index in [1.54, 1.807) is 0 Å². The van der Waals surface area contributed by atoms with Crippen LogP contribution in [0.5, 0.6) is 0 Å². The van der Waals surface area contributed by atoms with Crippen molar-refractivity contribution in [2.45, 2.75) is 65.2 Å². The number of hydrogen-bond donors (Lipinski definition) is 2. The first kappa shape index (κ1) is 17.0. The van der Waals surface area contributed by atoms with E-state index >= 15 is 0 Å². The number of nitrogens with one attached hydrogen (secondary N) is 1. The zero-order valence-corrected chi connectivity index (χ0v) is 13.9. The molecule has 1 fully saturated rings. The predicted molar refractivity (Wildman–Crippen MR) is 89.5 cm³/mol. The summed E-state index contributed by atoms with van der Waals surface area (Å²) in [6.07, 6.45) is 5.34. The van der Waals surface area contributed by atoms with Crippen LogP contribution in [0.1, 0.15) is 52.0 Å². The van der Waals surface area contributed by atoms with Crippen molar-refractivity contribution < 1.29 is 9.53 Å². The Morgan fingerprint density at radius 3 is 2.41 bits per heavy atom. The van der Waals surface area contributed by atoms with E-state index in [2.05, 4.69) is 5.32 Å². The van der Waals surface area contributed by atoms with Crippen LogP contribution < -0.4 is 11.1 Å². The van der Waals surface area contributed by atoms with Crippen LogP contribution >= 0.6 is 0 Å². The molecule has 3 N–H and O–H groups in total. The first-order chi connectivity index (χ1) is 10.4. The molecule has 0 heterocycles. The molecule has 0 spiro atoms. The number of carbonyl (C=O) groups is 1. The van der Waals surface area contributed by atoms with E-state index < -0.39 is 6.04 Å². The number of ether oxygens (including phenoxy) is 1. The first-order valence-corrected chi connectivity index (χ1v) is 8.13. The van der Waals surface area contributed by atoms with Gasteiger partial charge >= 0.3 is 0 Å². The summed E-state index contributed by atoms with van der Waals surface area (Å²) in [5.41, 5.74) is 7.61. The molecule has 0 radical (unpaired) electrons. The van der Waals surface area contributed by atoms with Crippen LogP contribution in [0.4, 0.5) is 5.69 Å². The summed E-state index contributed by atoms with van der Waals surface area (Å²) in [7, 11) is 0. The Balaban J connectivity index is 1.84. The lowest BCUT2D eigenvalue weighted by atomic mass is 9.87. The van der Waals surface area contributed by atoms with Gasteiger partial charge in [0.25, 0.3) is 0 Å². The Morgan fingerprint density at radius 1 is 1.27 bits per heavy atom. The topological polar surface area (TPSA) is 64.4 Å². The molecule has 1 atom stereocenters. The summed E-state index contributed by atoms with van der Waals surface area (Å²) >= 11 is 0. The molecule has 1 saturated carbocycles. The van der Waals surface area contributed by atoms with Crippen molar-refractivity contribution in [3.63, 3.8) is 0 Å². The fourth-order valence-electron chi connectivity index (χ4n) is 2.57. The number of rotatable bonds is 5. The van der Waals surface area contributed by atoms with Crippen LogP contribution in [-0.4, -0.2) is 18.1 Å². The lowest BCUT2D eigenvalue weighted by Gasteiger charge is -2.25. The molecule has 1 aromatic carbocycles. The minimum atomic E-state index is -0.530. The molecular formula is C18H28N2O2. The average molecular weight is 304 g/mol. The summed E-state index contributed by atoms with van der Waals surface area (Å²) in [5, 5.41) is 2.87. The second kappa shape index (κ2) is 7.25. The minimum Gasteiger partial charge on any atom is -0.374 e. The maximum absolute atomic E-state index is 12.1. The zero-order chi connectivity index (χ0) is 16.2. The van der Waals surface area contributed by atoms with E-state index in [0.29, 0.717) is 12.7 Å². The van der Waals surface area contributed by atoms with Crippen molar-refractivity contribution in [3.05, 3.63) is 29.8 Å². The Hall–Kier alpha value is -1.39. The molecule has 0 aliphatic heterocycles. The van der Waals surface area contributed by atoms with Gasteiger partial charge in [0, 0.05) is 5.69 Å². The highest BCUT2D eigenvalue weighted by molar-refractivity contribution is 5.95. The van der Waals surface area contributed by atoms with Gasteiger partial charge in [0.15, 0.2) is 0 Å². The van der Waals surface area contributed by atoms with Crippen LogP contribution in [-0.2, 0) is 16.1 Å². The molecule has 1 aliphatic rings. The predicted octanol–water partition coefficient (Wildman–Crippen LogP) is 3.46. The number of nitrogens with two attached hydrogens (primary N) is 1. The molecule has 0 bridgehead atoms. The SMILES string of the molecule is CC(C)(C)[C@H](N)C(=O)Nc1ccc(COC2CCCC2)cc1. The second-order valence-electron chi connectivity index (χ2n) is 7.25. The fraction of sp³-hybridized carbons (Fsp3) is 0.611. The van der Waals surface area contributed by atoms with E-state index in [-0.39, 0.29) is 11.3 Å². The molecule has 122 valence electrons. The van der Waals surface area contributed by atoms with Gasteiger partial charge in [-0.05, 0) is 36.0 Å². The molecule has 0 unspecified atom stereocenters. The largest absolute Gasteiger partial charge is 0.374 e. The van der Waals surface area contributed by atoms with E-state index in [0.717, 1.165) is 11.3 Å². The van der Waals surface area contributed by atoms with Crippen molar-refractivity contribution in [3.8, 4) is 0 Å². The van der Waals surface area contributed by atoms with Crippen molar-refractivity contribution in [2.75, 3.05) is 5.32 Å². The maximum atomic E-state index is 12.1. The van der Waals surface area contributed by atoms with Crippen LogP contribution in [0, 0.1) is 5.41 Å². The standard InChI is InChI=1S/C18H28N2O2/c1-18(2,3)16(19)17(21)20-14-10-8-13(9-11-14)12-22-15-6-4-5-7-15/h8-11,15-16H,4-7,12,19H2,1-3H3,(H,20,21)/t16-/m1/s1. The van der Waals surface area contributed by atoms with E-state index in [1.807, 2.05) is 45.0 Å². The fourth-order valence-corrected chi connectivity index (χ4v) is 2.57. The van der Waals surface area contributed by atoms with E-state index in [1.165, 1.54) is 25.7 Å². The lowest BCUT2D eigenvalue weighted by Crippen LogP contribution is -2.45. The quantitative estimate of drug-likeness (QED) is 0.875. The molecule has 0 aromatic heterocycles. The van der Waals surface area contributed by atoms with Gasteiger partial charge in [-0.3, -0.25) is 4.79 Å². The van der Waals surface area contributed by atoms with Gasteiger partial charge in [0.05, 0.1) is 18.8 Å². The summed E-state index contributed by atoms with van der Waals surface area (Å²) in [5.74, 6) is -0.151. The van der Waals surface area contributed by atoms with Gasteiger partial charge < -0.3 is 15.8 Å². The molecule has 1 aromatic rings. The summed E-state index contributed by atoms with van der Waals surface area (Å²) in [4.78, 5) is 12.1. The maximum Gasteiger partial charge on any atom is 0.241 e. The lowest BCUT2D eigenvalue weighted by molar-refractivity contribution is -0.119. The van der Waals surface area contributed by atoms with Crippen molar-refractivity contribution in [1.29, 1.82) is 0 Å². The number of carbonyl (C=O) groups excluding carboxylic acids is 1. The number of amides is 1. The van der Waals surface area contributed by atoms with Crippen LogP contribution in [0.25, 0.3) is 0 Å². The number of anilines is 1. The van der Waals surface area contributed by atoms with Crippen LogP contribution in [0.15, 0.2) is 24.3 Å². The third-order valence-electron chi connectivity index (χ3n) is 4.22. The van der Waals surface area contributed by atoms with E-state index in [9.17, 15) is 4.79 Å². The Bertz CT molecular complexity index is 485. The molecule has 4 nitrogen and oxygen atoms in total. The summed E-state index contributed by atoms with van der Waals surface area (Å²) in [6, 6.07) is 7.26. The molecule has 1 amide bonds.